The highest BCUT2D eigenvalue weighted by molar-refractivity contribution is 5.90. The third-order valence-corrected chi connectivity index (χ3v) is 2.26. The van der Waals surface area contributed by atoms with Gasteiger partial charge in [0.15, 0.2) is 5.78 Å². The average molecular weight is 216 g/mol. The number of rotatable bonds is 5. The predicted molar refractivity (Wildman–Crippen MR) is 55.9 cm³/mol. The van der Waals surface area contributed by atoms with Crippen LogP contribution in [0, 0.1) is 0 Å². The number of ketones is 1. The molecule has 0 bridgehead atoms. The van der Waals surface area contributed by atoms with Crippen LogP contribution in [0.5, 0.6) is 0 Å². The van der Waals surface area contributed by atoms with Gasteiger partial charge in [0.1, 0.15) is 6.10 Å². The van der Waals surface area contributed by atoms with Crippen molar-refractivity contribution in [2.24, 2.45) is 0 Å². The summed E-state index contributed by atoms with van der Waals surface area (Å²) in [7, 11) is 1.53. The Labute approximate surface area is 90.9 Å². The molecule has 0 aromatic carbocycles. The summed E-state index contributed by atoms with van der Waals surface area (Å²) in [5.41, 5.74) is -0.139. The molecule has 2 atom stereocenters. The van der Waals surface area contributed by atoms with Crippen molar-refractivity contribution < 1.29 is 19.0 Å². The first-order chi connectivity index (χ1) is 6.94. The maximum atomic E-state index is 11.0. The number of methoxy groups -OCH3 is 1. The van der Waals surface area contributed by atoms with E-state index in [2.05, 4.69) is 0 Å². The molecule has 4 heteroatoms. The van der Waals surface area contributed by atoms with E-state index in [9.17, 15) is 4.79 Å². The first kappa shape index (κ1) is 12.6. The topological polar surface area (TPSA) is 44.8 Å². The summed E-state index contributed by atoms with van der Waals surface area (Å²) in [5.74, 6) is 0.124. The standard InChI is InChI=1S/C11H20O4/c1-11(2,3)15-6-5-14-9-7-8(12)10(9)13-4/h9-10H,5-7H2,1-4H3. The molecule has 1 saturated carbocycles. The van der Waals surface area contributed by atoms with Crippen LogP contribution in [-0.2, 0) is 19.0 Å². The van der Waals surface area contributed by atoms with E-state index in [4.69, 9.17) is 14.2 Å². The predicted octanol–water partition coefficient (Wildman–Crippen LogP) is 1.17. The highest BCUT2D eigenvalue weighted by atomic mass is 16.6. The molecule has 0 saturated heterocycles. The number of carbonyl (C=O) groups is 1. The minimum Gasteiger partial charge on any atom is -0.373 e. The second-order valence-corrected chi connectivity index (χ2v) is 4.70. The Bertz CT molecular complexity index is 219. The average Bonchev–Trinajstić information content (AvgIpc) is 2.09. The van der Waals surface area contributed by atoms with Crippen LogP contribution in [-0.4, -0.2) is 43.9 Å². The van der Waals surface area contributed by atoms with Crippen molar-refractivity contribution >= 4 is 5.78 Å². The molecule has 0 radical (unpaired) electrons. The summed E-state index contributed by atoms with van der Waals surface area (Å²) in [6, 6.07) is 0. The van der Waals surface area contributed by atoms with E-state index < -0.39 is 0 Å². The Kier molecular flexibility index (Phi) is 4.25. The van der Waals surface area contributed by atoms with Crippen molar-refractivity contribution in [2.45, 2.75) is 45.0 Å². The second-order valence-electron chi connectivity index (χ2n) is 4.70. The van der Waals surface area contributed by atoms with E-state index in [-0.39, 0.29) is 23.6 Å². The van der Waals surface area contributed by atoms with E-state index in [1.165, 1.54) is 7.11 Å². The summed E-state index contributed by atoms with van der Waals surface area (Å²) >= 11 is 0. The monoisotopic (exact) mass is 216 g/mol. The molecular formula is C11H20O4. The molecule has 0 N–H and O–H groups in total. The van der Waals surface area contributed by atoms with Crippen LogP contribution in [0.2, 0.25) is 0 Å². The highest BCUT2D eigenvalue weighted by Crippen LogP contribution is 2.22. The molecule has 1 rings (SSSR count). The SMILES string of the molecule is COC1C(=O)CC1OCCOC(C)(C)C. The molecule has 0 aliphatic heterocycles. The fourth-order valence-electron chi connectivity index (χ4n) is 1.45. The van der Waals surface area contributed by atoms with Gasteiger partial charge in [0.2, 0.25) is 0 Å². The Hall–Kier alpha value is -0.450. The van der Waals surface area contributed by atoms with Gasteiger partial charge in [0.05, 0.1) is 24.9 Å². The van der Waals surface area contributed by atoms with Crippen molar-refractivity contribution in [1.82, 2.24) is 0 Å². The first-order valence-corrected chi connectivity index (χ1v) is 5.25. The van der Waals surface area contributed by atoms with Crippen LogP contribution in [0.15, 0.2) is 0 Å². The summed E-state index contributed by atoms with van der Waals surface area (Å²) in [6.45, 7) is 7.05. The molecule has 1 aliphatic rings. The molecular weight excluding hydrogens is 196 g/mol. The number of ether oxygens (including phenoxy) is 3. The van der Waals surface area contributed by atoms with Crippen molar-refractivity contribution in [2.75, 3.05) is 20.3 Å². The van der Waals surface area contributed by atoms with E-state index >= 15 is 0 Å². The lowest BCUT2D eigenvalue weighted by atomic mass is 9.90. The number of carbonyl (C=O) groups excluding carboxylic acids is 1. The molecule has 0 heterocycles. The molecule has 0 amide bonds. The zero-order chi connectivity index (χ0) is 11.5. The van der Waals surface area contributed by atoms with Gasteiger partial charge in [0.25, 0.3) is 0 Å². The zero-order valence-corrected chi connectivity index (χ0v) is 9.91. The summed E-state index contributed by atoms with van der Waals surface area (Å²) in [4.78, 5) is 11.0. The van der Waals surface area contributed by atoms with Gasteiger partial charge in [0, 0.05) is 13.5 Å². The summed E-state index contributed by atoms with van der Waals surface area (Å²) < 4.78 is 16.0. The highest BCUT2D eigenvalue weighted by Gasteiger charge is 2.40. The van der Waals surface area contributed by atoms with Gasteiger partial charge in [-0.05, 0) is 20.8 Å². The Morgan fingerprint density at radius 1 is 1.33 bits per heavy atom. The van der Waals surface area contributed by atoms with Gasteiger partial charge in [-0.1, -0.05) is 0 Å². The molecule has 2 unspecified atom stereocenters. The molecule has 0 spiro atoms. The van der Waals surface area contributed by atoms with Gasteiger partial charge >= 0.3 is 0 Å². The Morgan fingerprint density at radius 2 is 2.00 bits per heavy atom. The van der Waals surface area contributed by atoms with Gasteiger partial charge in [-0.2, -0.15) is 0 Å². The van der Waals surface area contributed by atoms with E-state index in [1.807, 2.05) is 20.8 Å². The van der Waals surface area contributed by atoms with Gasteiger partial charge < -0.3 is 14.2 Å². The molecule has 0 aromatic heterocycles. The largest absolute Gasteiger partial charge is 0.373 e. The summed E-state index contributed by atoms with van der Waals surface area (Å²) in [6.07, 6.45) is 0.0271. The Morgan fingerprint density at radius 3 is 2.47 bits per heavy atom. The van der Waals surface area contributed by atoms with Crippen LogP contribution in [0.4, 0.5) is 0 Å². The minimum atomic E-state index is -0.361. The third-order valence-electron chi connectivity index (χ3n) is 2.26. The smallest absolute Gasteiger partial charge is 0.166 e. The maximum Gasteiger partial charge on any atom is 0.166 e. The van der Waals surface area contributed by atoms with Gasteiger partial charge in [-0.25, -0.2) is 0 Å². The van der Waals surface area contributed by atoms with Crippen molar-refractivity contribution in [3.05, 3.63) is 0 Å². The van der Waals surface area contributed by atoms with Crippen LogP contribution in [0.1, 0.15) is 27.2 Å². The lowest BCUT2D eigenvalue weighted by Gasteiger charge is -2.33. The van der Waals surface area contributed by atoms with Crippen molar-refractivity contribution in [3.63, 3.8) is 0 Å². The molecule has 15 heavy (non-hydrogen) atoms. The minimum absolute atomic E-state index is 0.0777. The summed E-state index contributed by atoms with van der Waals surface area (Å²) in [5, 5.41) is 0. The fraction of sp³-hybridized carbons (Fsp3) is 0.909. The normalized spacial score (nSPS) is 26.5. The van der Waals surface area contributed by atoms with E-state index in [1.54, 1.807) is 0 Å². The molecule has 88 valence electrons. The first-order valence-electron chi connectivity index (χ1n) is 5.25. The number of hydrogen-bond acceptors (Lipinski definition) is 4. The molecule has 1 aliphatic carbocycles. The van der Waals surface area contributed by atoms with Crippen molar-refractivity contribution in [1.29, 1.82) is 0 Å². The van der Waals surface area contributed by atoms with E-state index in [0.717, 1.165) is 0 Å². The van der Waals surface area contributed by atoms with Crippen LogP contribution >= 0.6 is 0 Å². The Balaban J connectivity index is 2.09. The fourth-order valence-corrected chi connectivity index (χ4v) is 1.45. The quantitative estimate of drug-likeness (QED) is 0.647. The molecule has 0 aromatic rings. The number of hydrogen-bond donors (Lipinski definition) is 0. The van der Waals surface area contributed by atoms with Crippen LogP contribution in [0.25, 0.3) is 0 Å². The van der Waals surface area contributed by atoms with Gasteiger partial charge in [-0.15, -0.1) is 0 Å². The lowest BCUT2D eigenvalue weighted by Crippen LogP contribution is -2.50. The molecule has 4 nitrogen and oxygen atoms in total. The van der Waals surface area contributed by atoms with Gasteiger partial charge in [-0.3, -0.25) is 4.79 Å². The van der Waals surface area contributed by atoms with E-state index in [0.29, 0.717) is 19.6 Å². The molecule has 1 fully saturated rings. The second kappa shape index (κ2) is 5.05. The van der Waals surface area contributed by atoms with Crippen LogP contribution in [0.3, 0.4) is 0 Å². The lowest BCUT2D eigenvalue weighted by molar-refractivity contribution is -0.165. The maximum absolute atomic E-state index is 11.0. The zero-order valence-electron chi connectivity index (χ0n) is 9.91. The van der Waals surface area contributed by atoms with Crippen molar-refractivity contribution in [3.8, 4) is 0 Å². The van der Waals surface area contributed by atoms with Crippen LogP contribution < -0.4 is 0 Å². The number of Topliss-reactive ketones (excluding diaryl/α,β-unsaturated/α-hetero) is 1. The third kappa shape index (κ3) is 3.89.